The number of rotatable bonds is 6. The monoisotopic (exact) mass is 444 g/mol. The molecule has 164 valence electrons. The Labute approximate surface area is 193 Å². The molecule has 1 fully saturated rings. The summed E-state index contributed by atoms with van der Waals surface area (Å²) in [6.07, 6.45) is 1.67. The summed E-state index contributed by atoms with van der Waals surface area (Å²) in [6.45, 7) is 8.71. The lowest BCUT2D eigenvalue weighted by atomic mass is 10.0. The zero-order valence-corrected chi connectivity index (χ0v) is 19.4. The van der Waals surface area contributed by atoms with E-state index < -0.39 is 0 Å². The molecule has 32 heavy (non-hydrogen) atoms. The molecule has 0 amide bonds. The van der Waals surface area contributed by atoms with Crippen LogP contribution in [-0.4, -0.2) is 47.7 Å². The van der Waals surface area contributed by atoms with Crippen LogP contribution in [0, 0.1) is 13.8 Å². The second kappa shape index (κ2) is 9.36. The van der Waals surface area contributed by atoms with Gasteiger partial charge in [0.2, 0.25) is 0 Å². The van der Waals surface area contributed by atoms with Crippen molar-refractivity contribution in [3.63, 3.8) is 0 Å². The summed E-state index contributed by atoms with van der Waals surface area (Å²) in [5.41, 5.74) is 6.25. The standard InChI is InChI=1S/C26H28N4OS/c1-18-8-9-21(14-19(18)2)22-16-32-26-24(22)25(27-17-28-26)29-23(20-6-4-3-5-7-20)15-30-10-12-31-13-11-30/h3-9,14,16-17,23H,10-13,15H2,1-2H3,(H,27,28,29). The highest BCUT2D eigenvalue weighted by Crippen LogP contribution is 2.38. The molecule has 5 nitrogen and oxygen atoms in total. The van der Waals surface area contributed by atoms with Crippen LogP contribution in [0.1, 0.15) is 22.7 Å². The number of anilines is 1. The maximum atomic E-state index is 5.55. The van der Waals surface area contributed by atoms with Crippen molar-refractivity contribution in [3.05, 3.63) is 76.9 Å². The Balaban J connectivity index is 1.53. The number of aromatic nitrogens is 2. The second-order valence-corrected chi connectivity index (χ2v) is 9.23. The van der Waals surface area contributed by atoms with E-state index in [2.05, 4.69) is 83.0 Å². The third-order valence-corrected chi connectivity index (χ3v) is 7.13. The first-order valence-corrected chi connectivity index (χ1v) is 12.0. The Bertz CT molecular complexity index is 1200. The molecule has 3 heterocycles. The molecular formula is C26H28N4OS. The first-order chi connectivity index (χ1) is 15.7. The van der Waals surface area contributed by atoms with E-state index in [9.17, 15) is 0 Å². The van der Waals surface area contributed by atoms with E-state index in [4.69, 9.17) is 9.72 Å². The molecule has 2 aromatic carbocycles. The van der Waals surface area contributed by atoms with Crippen LogP contribution in [-0.2, 0) is 4.74 Å². The summed E-state index contributed by atoms with van der Waals surface area (Å²) in [7, 11) is 0. The lowest BCUT2D eigenvalue weighted by molar-refractivity contribution is 0.0361. The van der Waals surface area contributed by atoms with Gasteiger partial charge in [-0.1, -0.05) is 48.5 Å². The SMILES string of the molecule is Cc1ccc(-c2csc3ncnc(NC(CN4CCOCC4)c4ccccc4)c23)cc1C. The molecule has 1 N–H and O–H groups in total. The van der Waals surface area contributed by atoms with Gasteiger partial charge in [-0.05, 0) is 36.1 Å². The van der Waals surface area contributed by atoms with Crippen molar-refractivity contribution in [3.8, 4) is 11.1 Å². The molecule has 0 bridgehead atoms. The van der Waals surface area contributed by atoms with Gasteiger partial charge in [-0.2, -0.15) is 0 Å². The predicted octanol–water partition coefficient (Wildman–Crippen LogP) is 5.46. The van der Waals surface area contributed by atoms with Crippen LogP contribution in [0.2, 0.25) is 0 Å². The smallest absolute Gasteiger partial charge is 0.139 e. The largest absolute Gasteiger partial charge is 0.379 e. The average Bonchev–Trinajstić information content (AvgIpc) is 3.27. The van der Waals surface area contributed by atoms with Crippen LogP contribution < -0.4 is 5.32 Å². The van der Waals surface area contributed by atoms with E-state index in [1.165, 1.54) is 27.8 Å². The maximum absolute atomic E-state index is 5.55. The van der Waals surface area contributed by atoms with Gasteiger partial charge in [-0.15, -0.1) is 11.3 Å². The molecule has 1 saturated heterocycles. The number of aryl methyl sites for hydroxylation is 2. The normalized spacial score (nSPS) is 15.7. The summed E-state index contributed by atoms with van der Waals surface area (Å²) < 4.78 is 5.55. The quantitative estimate of drug-likeness (QED) is 0.428. The summed E-state index contributed by atoms with van der Waals surface area (Å²) in [5.74, 6) is 0.895. The number of hydrogen-bond donors (Lipinski definition) is 1. The molecule has 1 aliphatic heterocycles. The highest BCUT2D eigenvalue weighted by molar-refractivity contribution is 7.17. The number of hydrogen-bond acceptors (Lipinski definition) is 6. The molecule has 4 aromatic rings. The number of fused-ring (bicyclic) bond motifs is 1. The van der Waals surface area contributed by atoms with E-state index >= 15 is 0 Å². The van der Waals surface area contributed by atoms with Gasteiger partial charge in [0.1, 0.15) is 17.0 Å². The molecule has 0 aliphatic carbocycles. The van der Waals surface area contributed by atoms with Gasteiger partial charge < -0.3 is 10.1 Å². The van der Waals surface area contributed by atoms with Crippen molar-refractivity contribution < 1.29 is 4.74 Å². The fourth-order valence-corrected chi connectivity index (χ4v) is 5.15. The van der Waals surface area contributed by atoms with Gasteiger partial charge in [-0.3, -0.25) is 4.90 Å². The highest BCUT2D eigenvalue weighted by Gasteiger charge is 2.21. The molecule has 1 aliphatic rings. The second-order valence-electron chi connectivity index (χ2n) is 8.37. The molecular weight excluding hydrogens is 416 g/mol. The van der Waals surface area contributed by atoms with Crippen LogP contribution >= 0.6 is 11.3 Å². The summed E-state index contributed by atoms with van der Waals surface area (Å²) >= 11 is 1.67. The van der Waals surface area contributed by atoms with Gasteiger partial charge in [0.25, 0.3) is 0 Å². The number of nitrogens with zero attached hydrogens (tertiary/aromatic N) is 3. The number of nitrogens with one attached hydrogen (secondary N) is 1. The van der Waals surface area contributed by atoms with E-state index in [1.807, 2.05) is 0 Å². The van der Waals surface area contributed by atoms with Gasteiger partial charge in [0.15, 0.2) is 0 Å². The van der Waals surface area contributed by atoms with Crippen molar-refractivity contribution in [2.75, 3.05) is 38.2 Å². The molecule has 6 heteroatoms. The maximum Gasteiger partial charge on any atom is 0.139 e. The van der Waals surface area contributed by atoms with Crippen molar-refractivity contribution in [2.24, 2.45) is 0 Å². The third-order valence-electron chi connectivity index (χ3n) is 6.25. The average molecular weight is 445 g/mol. The molecule has 0 radical (unpaired) electrons. The highest BCUT2D eigenvalue weighted by atomic mass is 32.1. The van der Waals surface area contributed by atoms with Crippen molar-refractivity contribution in [1.82, 2.24) is 14.9 Å². The molecule has 0 saturated carbocycles. The number of benzene rings is 2. The van der Waals surface area contributed by atoms with Crippen LogP contribution in [0.25, 0.3) is 21.3 Å². The first kappa shape index (κ1) is 21.1. The van der Waals surface area contributed by atoms with Crippen molar-refractivity contribution >= 4 is 27.4 Å². The predicted molar refractivity (Wildman–Crippen MR) is 132 cm³/mol. The van der Waals surface area contributed by atoms with Crippen molar-refractivity contribution in [1.29, 1.82) is 0 Å². The van der Waals surface area contributed by atoms with Crippen LogP contribution in [0.5, 0.6) is 0 Å². The third kappa shape index (κ3) is 4.39. The Morgan fingerprint density at radius 2 is 1.84 bits per heavy atom. The minimum Gasteiger partial charge on any atom is -0.379 e. The van der Waals surface area contributed by atoms with Gasteiger partial charge >= 0.3 is 0 Å². The number of morpholine rings is 1. The van der Waals surface area contributed by atoms with Gasteiger partial charge in [-0.25, -0.2) is 9.97 Å². The Morgan fingerprint density at radius 1 is 1.03 bits per heavy atom. The zero-order chi connectivity index (χ0) is 21.9. The fraction of sp³-hybridized carbons (Fsp3) is 0.308. The lowest BCUT2D eigenvalue weighted by Gasteiger charge is -2.31. The number of ether oxygens (including phenoxy) is 1. The van der Waals surface area contributed by atoms with E-state index in [1.54, 1.807) is 17.7 Å². The Kier molecular flexibility index (Phi) is 6.17. The van der Waals surface area contributed by atoms with Crippen LogP contribution in [0.3, 0.4) is 0 Å². The Morgan fingerprint density at radius 3 is 2.62 bits per heavy atom. The fourth-order valence-electron chi connectivity index (χ4n) is 4.23. The minimum absolute atomic E-state index is 0.125. The summed E-state index contributed by atoms with van der Waals surface area (Å²) in [6, 6.07) is 17.4. The van der Waals surface area contributed by atoms with E-state index in [0.717, 1.165) is 48.9 Å². The van der Waals surface area contributed by atoms with Crippen LogP contribution in [0.4, 0.5) is 5.82 Å². The summed E-state index contributed by atoms with van der Waals surface area (Å²) in [5, 5.41) is 7.08. The van der Waals surface area contributed by atoms with E-state index in [-0.39, 0.29) is 6.04 Å². The molecule has 1 atom stereocenters. The minimum atomic E-state index is 0.125. The molecule has 2 aromatic heterocycles. The molecule has 5 rings (SSSR count). The molecule has 1 unspecified atom stereocenters. The number of thiophene rings is 1. The van der Waals surface area contributed by atoms with E-state index in [0.29, 0.717) is 0 Å². The Hall–Kier alpha value is -2.80. The zero-order valence-electron chi connectivity index (χ0n) is 18.5. The molecule has 0 spiro atoms. The lowest BCUT2D eigenvalue weighted by Crippen LogP contribution is -2.40. The topological polar surface area (TPSA) is 50.3 Å². The summed E-state index contributed by atoms with van der Waals surface area (Å²) in [4.78, 5) is 12.7. The van der Waals surface area contributed by atoms with Gasteiger partial charge in [0, 0.05) is 30.6 Å². The van der Waals surface area contributed by atoms with Gasteiger partial charge in [0.05, 0.1) is 24.6 Å². The van der Waals surface area contributed by atoms with Crippen LogP contribution in [0.15, 0.2) is 60.2 Å². The first-order valence-electron chi connectivity index (χ1n) is 11.1. The van der Waals surface area contributed by atoms with Crippen molar-refractivity contribution in [2.45, 2.75) is 19.9 Å².